The van der Waals surface area contributed by atoms with Crippen LogP contribution >= 0.6 is 0 Å². The maximum absolute atomic E-state index is 13.7. The number of hydrogen-bond donors (Lipinski definition) is 0. The number of carbonyl (C=O) groups is 4. The molecule has 0 N–H and O–H groups in total. The van der Waals surface area contributed by atoms with Gasteiger partial charge in [-0.05, 0) is 101 Å². The molecule has 6 heteroatoms. The first kappa shape index (κ1) is 44.4. The highest BCUT2D eigenvalue weighted by Gasteiger charge is 2.41. The number of amides is 2. The largest absolute Gasteiger partial charge is 0.326 e. The first-order chi connectivity index (χ1) is 26.8. The number of Topliss-reactive ketones (excluding diaryl/α,β-unsaturated/α-hetero) is 2. The van der Waals surface area contributed by atoms with Crippen molar-refractivity contribution in [2.24, 2.45) is 11.8 Å². The molecule has 3 fully saturated rings. The third kappa shape index (κ3) is 13.4. The molecular formula is C49H74N2O4. The van der Waals surface area contributed by atoms with Gasteiger partial charge in [0.05, 0.1) is 12.1 Å². The van der Waals surface area contributed by atoms with Crippen molar-refractivity contribution in [1.82, 2.24) is 9.80 Å². The molecular weight excluding hydrogens is 681 g/mol. The Morgan fingerprint density at radius 2 is 0.927 bits per heavy atom. The average molecular weight is 755 g/mol. The van der Waals surface area contributed by atoms with Crippen molar-refractivity contribution in [2.75, 3.05) is 0 Å². The van der Waals surface area contributed by atoms with Gasteiger partial charge in [-0.15, -0.1) is 0 Å². The number of unbranched alkanes of at least 4 members (excludes halogenated alkanes) is 4. The van der Waals surface area contributed by atoms with Gasteiger partial charge in [-0.2, -0.15) is 0 Å². The third-order valence-corrected chi connectivity index (χ3v) is 12.5. The van der Waals surface area contributed by atoms with Crippen LogP contribution in [-0.4, -0.2) is 57.3 Å². The Balaban J connectivity index is 0.000000246. The summed E-state index contributed by atoms with van der Waals surface area (Å²) in [6, 6.07) is 18.8. The Bertz CT molecular complexity index is 1410. The number of nitrogens with zero attached hydrogens (tertiary/aromatic N) is 2. The van der Waals surface area contributed by atoms with Crippen LogP contribution in [0.3, 0.4) is 0 Å². The lowest BCUT2D eigenvalue weighted by molar-refractivity contribution is -0.127. The molecule has 0 spiro atoms. The van der Waals surface area contributed by atoms with Crippen LogP contribution in [0.5, 0.6) is 0 Å². The SMILES string of the molecule is CCCCCC(=O)C(C1CCCCC1)N(C(=O)c1ccccc1)C(C)C.CCCCCC(=O)C(C1CCCCC1)N(C(=O)c1ccccc1)C1CCCCC1. The minimum Gasteiger partial charge on any atom is -0.326 e. The highest BCUT2D eigenvalue weighted by atomic mass is 16.2. The smallest absolute Gasteiger partial charge is 0.254 e. The number of benzene rings is 2. The minimum absolute atomic E-state index is 0.0000139. The fourth-order valence-corrected chi connectivity index (χ4v) is 9.60. The minimum atomic E-state index is -0.264. The molecule has 0 aliphatic heterocycles. The van der Waals surface area contributed by atoms with Crippen LogP contribution in [0.15, 0.2) is 60.7 Å². The summed E-state index contributed by atoms with van der Waals surface area (Å²) in [4.78, 5) is 57.7. The summed E-state index contributed by atoms with van der Waals surface area (Å²) in [5.41, 5.74) is 1.42. The van der Waals surface area contributed by atoms with E-state index in [-0.39, 0.29) is 41.8 Å². The number of hydrogen-bond acceptors (Lipinski definition) is 4. The van der Waals surface area contributed by atoms with Crippen LogP contribution in [0, 0.1) is 11.8 Å². The van der Waals surface area contributed by atoms with Crippen LogP contribution in [-0.2, 0) is 9.59 Å². The Hall–Kier alpha value is -3.28. The second-order valence-corrected chi connectivity index (χ2v) is 17.1. The van der Waals surface area contributed by atoms with E-state index in [1.807, 2.05) is 79.4 Å². The van der Waals surface area contributed by atoms with Gasteiger partial charge in [0, 0.05) is 36.1 Å². The summed E-state index contributed by atoms with van der Waals surface area (Å²) in [5.74, 6) is 1.32. The van der Waals surface area contributed by atoms with Crippen molar-refractivity contribution < 1.29 is 19.2 Å². The fourth-order valence-electron chi connectivity index (χ4n) is 9.60. The van der Waals surface area contributed by atoms with E-state index in [0.29, 0.717) is 36.0 Å². The van der Waals surface area contributed by atoms with E-state index in [1.54, 1.807) is 0 Å². The van der Waals surface area contributed by atoms with Crippen LogP contribution in [0.25, 0.3) is 0 Å². The number of ketones is 2. The van der Waals surface area contributed by atoms with Crippen LogP contribution in [0.1, 0.15) is 196 Å². The standard InChI is InChI=1S/C26H39NO2.C23H35NO2/c1-2-3-7-20-24(28)25(21-14-8-4-9-15-21)27(23-18-12-6-13-19-23)26(29)22-16-10-5-11-17-22;1-4-5-8-17-21(25)22(19-13-9-6-10-14-19)24(18(2)3)23(26)20-15-11-7-12-16-20/h5,10-11,16-17,21,23,25H,2-4,6-9,12-15,18-20H2,1H3;7,11-12,15-16,18-19,22H,4-6,8-10,13-14,17H2,1-3H3. The molecule has 3 aliphatic carbocycles. The van der Waals surface area contributed by atoms with Crippen molar-refractivity contribution >= 4 is 23.4 Å². The zero-order chi connectivity index (χ0) is 39.4. The molecule has 3 aliphatic rings. The van der Waals surface area contributed by atoms with Gasteiger partial charge in [-0.1, -0.05) is 134 Å². The third-order valence-electron chi connectivity index (χ3n) is 12.5. The van der Waals surface area contributed by atoms with Gasteiger partial charge in [0.2, 0.25) is 0 Å². The first-order valence-corrected chi connectivity index (χ1v) is 22.6. The van der Waals surface area contributed by atoms with Gasteiger partial charge < -0.3 is 9.80 Å². The molecule has 0 saturated heterocycles. The fraction of sp³-hybridized carbons (Fsp3) is 0.673. The molecule has 0 aromatic heterocycles. The molecule has 3 saturated carbocycles. The van der Waals surface area contributed by atoms with E-state index < -0.39 is 0 Å². The summed E-state index contributed by atoms with van der Waals surface area (Å²) in [6.07, 6.45) is 24.8. The van der Waals surface area contributed by atoms with E-state index in [4.69, 9.17) is 0 Å². The van der Waals surface area contributed by atoms with Crippen LogP contribution < -0.4 is 0 Å². The zero-order valence-corrected chi connectivity index (χ0v) is 35.0. The van der Waals surface area contributed by atoms with Gasteiger partial charge in [0.15, 0.2) is 11.6 Å². The Labute approximate surface area is 334 Å². The second kappa shape index (κ2) is 24.4. The van der Waals surface area contributed by atoms with E-state index in [9.17, 15) is 19.2 Å². The van der Waals surface area contributed by atoms with E-state index in [1.165, 1.54) is 57.8 Å². The van der Waals surface area contributed by atoms with Gasteiger partial charge in [-0.3, -0.25) is 19.2 Å². The first-order valence-electron chi connectivity index (χ1n) is 22.6. The van der Waals surface area contributed by atoms with Crippen molar-refractivity contribution in [3.8, 4) is 0 Å². The highest BCUT2D eigenvalue weighted by Crippen LogP contribution is 2.36. The molecule has 2 aromatic carbocycles. The highest BCUT2D eigenvalue weighted by molar-refractivity contribution is 5.99. The van der Waals surface area contributed by atoms with Crippen molar-refractivity contribution in [1.29, 1.82) is 0 Å². The molecule has 55 heavy (non-hydrogen) atoms. The molecule has 0 heterocycles. The molecule has 2 amide bonds. The molecule has 2 unspecified atom stereocenters. The molecule has 2 atom stereocenters. The van der Waals surface area contributed by atoms with Crippen molar-refractivity contribution in [3.63, 3.8) is 0 Å². The van der Waals surface area contributed by atoms with Crippen LogP contribution in [0.2, 0.25) is 0 Å². The summed E-state index contributed by atoms with van der Waals surface area (Å²) in [5, 5.41) is 0. The Morgan fingerprint density at radius 1 is 0.527 bits per heavy atom. The maximum atomic E-state index is 13.7. The lowest BCUT2D eigenvalue weighted by Crippen LogP contribution is -2.54. The molecule has 6 nitrogen and oxygen atoms in total. The molecule has 0 radical (unpaired) electrons. The number of rotatable bonds is 18. The lowest BCUT2D eigenvalue weighted by Gasteiger charge is -2.43. The normalized spacial score (nSPS) is 18.1. The van der Waals surface area contributed by atoms with E-state index in [2.05, 4.69) is 18.7 Å². The van der Waals surface area contributed by atoms with Gasteiger partial charge in [0.1, 0.15) is 0 Å². The number of carbonyl (C=O) groups excluding carboxylic acids is 4. The topological polar surface area (TPSA) is 74.8 Å². The Kier molecular flexibility index (Phi) is 19.7. The second-order valence-electron chi connectivity index (χ2n) is 17.1. The average Bonchev–Trinajstić information content (AvgIpc) is 3.23. The molecule has 304 valence electrons. The summed E-state index contributed by atoms with van der Waals surface area (Å²) in [7, 11) is 0. The monoisotopic (exact) mass is 755 g/mol. The van der Waals surface area contributed by atoms with Gasteiger partial charge in [0.25, 0.3) is 11.8 Å². The molecule has 5 rings (SSSR count). The predicted octanol–water partition coefficient (Wildman–Crippen LogP) is 12.2. The Morgan fingerprint density at radius 3 is 1.36 bits per heavy atom. The van der Waals surface area contributed by atoms with E-state index in [0.717, 1.165) is 82.6 Å². The van der Waals surface area contributed by atoms with Gasteiger partial charge in [-0.25, -0.2) is 0 Å². The molecule has 2 aromatic rings. The zero-order valence-electron chi connectivity index (χ0n) is 35.0. The van der Waals surface area contributed by atoms with Gasteiger partial charge >= 0.3 is 0 Å². The van der Waals surface area contributed by atoms with E-state index >= 15 is 0 Å². The predicted molar refractivity (Wildman–Crippen MR) is 226 cm³/mol. The van der Waals surface area contributed by atoms with Crippen molar-refractivity contribution in [3.05, 3.63) is 71.8 Å². The summed E-state index contributed by atoms with van der Waals surface area (Å²) >= 11 is 0. The maximum Gasteiger partial charge on any atom is 0.254 e. The van der Waals surface area contributed by atoms with Crippen LogP contribution in [0.4, 0.5) is 0 Å². The summed E-state index contributed by atoms with van der Waals surface area (Å²) < 4.78 is 0. The van der Waals surface area contributed by atoms with Crippen molar-refractivity contribution in [2.45, 2.75) is 200 Å². The quantitative estimate of drug-likeness (QED) is 0.142. The summed E-state index contributed by atoms with van der Waals surface area (Å²) in [6.45, 7) is 8.41. The lowest BCUT2D eigenvalue weighted by atomic mass is 9.79. The molecule has 0 bridgehead atoms.